The predicted octanol–water partition coefficient (Wildman–Crippen LogP) is 5.60. The second-order valence-corrected chi connectivity index (χ2v) is 9.26. The van der Waals surface area contributed by atoms with Gasteiger partial charge in [0.15, 0.2) is 5.82 Å². The molecule has 2 aromatic carbocycles. The zero-order chi connectivity index (χ0) is 27.5. The van der Waals surface area contributed by atoms with E-state index in [1.54, 1.807) is 48.6 Å². The highest BCUT2D eigenvalue weighted by Crippen LogP contribution is 2.37. The first-order valence-electron chi connectivity index (χ1n) is 12.7. The Labute approximate surface area is 226 Å². The summed E-state index contributed by atoms with van der Waals surface area (Å²) in [4.78, 5) is 37.1. The molecule has 198 valence electrons. The highest BCUT2D eigenvalue weighted by molar-refractivity contribution is 6.12. The largest absolute Gasteiger partial charge is 0.493 e. The molecule has 9 heteroatoms. The number of aryl methyl sites for hydroxylation is 1. The number of carboxylic acid groups (broad SMARTS) is 1. The molecule has 0 aliphatic carbocycles. The Morgan fingerprint density at radius 1 is 1.03 bits per heavy atom. The Bertz CT molecular complexity index is 1540. The lowest BCUT2D eigenvalue weighted by Gasteiger charge is -2.22. The summed E-state index contributed by atoms with van der Waals surface area (Å²) in [6, 6.07) is 18.0. The normalized spacial score (nSPS) is 12.4. The highest BCUT2D eigenvalue weighted by atomic mass is 16.5. The number of hydrogen-bond acceptors (Lipinski definition) is 7. The first-order chi connectivity index (χ1) is 18.9. The minimum atomic E-state index is -0.953. The van der Waals surface area contributed by atoms with E-state index in [1.165, 1.54) is 0 Å². The van der Waals surface area contributed by atoms with Gasteiger partial charge in [-0.05, 0) is 85.6 Å². The summed E-state index contributed by atoms with van der Waals surface area (Å²) < 4.78 is 6.06. The fraction of sp³-hybridized carbons (Fsp3) is 0.200. The van der Waals surface area contributed by atoms with Gasteiger partial charge in [-0.2, -0.15) is 0 Å². The molecule has 0 atom stereocenters. The Morgan fingerprint density at radius 3 is 2.51 bits per heavy atom. The number of hydrogen-bond donors (Lipinski definition) is 2. The minimum Gasteiger partial charge on any atom is -0.493 e. The van der Waals surface area contributed by atoms with Gasteiger partial charge < -0.3 is 25.0 Å². The third-order valence-corrected chi connectivity index (χ3v) is 6.66. The van der Waals surface area contributed by atoms with Crippen LogP contribution >= 0.6 is 0 Å². The summed E-state index contributed by atoms with van der Waals surface area (Å²) in [5, 5.41) is 12.3. The standard InChI is InChI=1S/C30H29N5O4/c1-4-35-27-24(29(36)34(3)25-6-5-14-31-28(25)35)17-20(18-32-27)13-15-39-26-12-11-23(16-19(26)2)33-22-9-7-21(8-10-22)30(37)38/h5-12,14,16-18,33H,4,13,15H2,1-3H3,(H,37,38). The fourth-order valence-electron chi connectivity index (χ4n) is 4.59. The number of aromatic nitrogens is 2. The predicted molar refractivity (Wildman–Crippen MR) is 151 cm³/mol. The summed E-state index contributed by atoms with van der Waals surface area (Å²) in [5.41, 5.74) is 5.07. The third kappa shape index (κ3) is 5.24. The monoisotopic (exact) mass is 523 g/mol. The molecule has 4 aromatic rings. The van der Waals surface area contributed by atoms with Crippen LogP contribution in [0.4, 0.5) is 28.7 Å². The average molecular weight is 524 g/mol. The van der Waals surface area contributed by atoms with Gasteiger partial charge in [0, 0.05) is 43.8 Å². The second-order valence-electron chi connectivity index (χ2n) is 9.26. The molecule has 0 saturated carbocycles. The number of amides is 1. The molecule has 0 saturated heterocycles. The van der Waals surface area contributed by atoms with Crippen LogP contribution in [-0.2, 0) is 6.42 Å². The Morgan fingerprint density at radius 2 is 1.79 bits per heavy atom. The van der Waals surface area contributed by atoms with E-state index in [0.29, 0.717) is 36.8 Å². The van der Waals surface area contributed by atoms with Gasteiger partial charge >= 0.3 is 5.97 Å². The van der Waals surface area contributed by atoms with Gasteiger partial charge in [0.05, 0.1) is 23.4 Å². The number of carboxylic acids is 1. The first-order valence-corrected chi connectivity index (χ1v) is 12.7. The molecule has 39 heavy (non-hydrogen) atoms. The van der Waals surface area contributed by atoms with Crippen molar-refractivity contribution in [1.82, 2.24) is 9.97 Å². The van der Waals surface area contributed by atoms with Crippen LogP contribution in [0.3, 0.4) is 0 Å². The van der Waals surface area contributed by atoms with Crippen molar-refractivity contribution >= 4 is 40.6 Å². The molecule has 0 unspecified atom stereocenters. The molecule has 0 spiro atoms. The van der Waals surface area contributed by atoms with Gasteiger partial charge in [-0.3, -0.25) is 4.79 Å². The molecule has 1 amide bonds. The minimum absolute atomic E-state index is 0.123. The molecule has 0 fully saturated rings. The van der Waals surface area contributed by atoms with Gasteiger partial charge in [0.1, 0.15) is 11.6 Å². The fourth-order valence-corrected chi connectivity index (χ4v) is 4.59. The molecular weight excluding hydrogens is 494 g/mol. The maximum absolute atomic E-state index is 13.3. The van der Waals surface area contributed by atoms with E-state index in [4.69, 9.17) is 9.84 Å². The molecule has 9 nitrogen and oxygen atoms in total. The number of rotatable bonds is 8. The number of carbonyl (C=O) groups excluding carboxylic acids is 1. The van der Waals surface area contributed by atoms with Crippen LogP contribution < -0.4 is 19.9 Å². The van der Waals surface area contributed by atoms with E-state index in [1.807, 2.05) is 55.1 Å². The molecule has 0 bridgehead atoms. The third-order valence-electron chi connectivity index (χ3n) is 6.66. The van der Waals surface area contributed by atoms with Crippen LogP contribution in [0.2, 0.25) is 0 Å². The number of ether oxygens (including phenoxy) is 1. The summed E-state index contributed by atoms with van der Waals surface area (Å²) in [7, 11) is 1.76. The van der Waals surface area contributed by atoms with E-state index < -0.39 is 5.97 Å². The molecule has 2 N–H and O–H groups in total. The van der Waals surface area contributed by atoms with E-state index >= 15 is 0 Å². The number of nitrogens with one attached hydrogen (secondary N) is 1. The average Bonchev–Trinajstić information content (AvgIpc) is 3.03. The number of pyridine rings is 2. The van der Waals surface area contributed by atoms with Gasteiger partial charge in [-0.15, -0.1) is 0 Å². The number of nitrogens with zero attached hydrogens (tertiary/aromatic N) is 4. The number of anilines is 5. The van der Waals surface area contributed by atoms with Crippen LogP contribution in [0, 0.1) is 6.92 Å². The van der Waals surface area contributed by atoms with Crippen molar-refractivity contribution in [3.05, 3.63) is 95.3 Å². The number of benzene rings is 2. The van der Waals surface area contributed by atoms with Crippen LogP contribution in [0.25, 0.3) is 0 Å². The van der Waals surface area contributed by atoms with Crippen LogP contribution in [0.5, 0.6) is 5.75 Å². The SMILES string of the molecule is CCN1c2ncc(CCOc3ccc(Nc4ccc(C(=O)O)cc4)cc3C)cc2C(=O)N(C)c2cccnc21. The molecule has 3 heterocycles. The molecule has 0 radical (unpaired) electrons. The van der Waals surface area contributed by atoms with E-state index in [-0.39, 0.29) is 11.5 Å². The van der Waals surface area contributed by atoms with Crippen molar-refractivity contribution in [2.75, 3.05) is 35.3 Å². The zero-order valence-corrected chi connectivity index (χ0v) is 22.0. The quantitative estimate of drug-likeness (QED) is 0.307. The van der Waals surface area contributed by atoms with Crippen molar-refractivity contribution in [3.8, 4) is 5.75 Å². The topological polar surface area (TPSA) is 108 Å². The summed E-state index contributed by atoms with van der Waals surface area (Å²) in [6.45, 7) is 5.04. The lowest BCUT2D eigenvalue weighted by molar-refractivity contribution is 0.0696. The van der Waals surface area contributed by atoms with Crippen molar-refractivity contribution in [3.63, 3.8) is 0 Å². The summed E-state index contributed by atoms with van der Waals surface area (Å²) in [5.74, 6) is 1.00. The molecule has 5 rings (SSSR count). The van der Waals surface area contributed by atoms with Crippen molar-refractivity contribution in [1.29, 1.82) is 0 Å². The van der Waals surface area contributed by atoms with Crippen molar-refractivity contribution < 1.29 is 19.4 Å². The van der Waals surface area contributed by atoms with Crippen molar-refractivity contribution in [2.45, 2.75) is 20.3 Å². The first kappa shape index (κ1) is 25.7. The summed E-state index contributed by atoms with van der Waals surface area (Å²) >= 11 is 0. The molecule has 1 aliphatic heterocycles. The van der Waals surface area contributed by atoms with Crippen molar-refractivity contribution in [2.24, 2.45) is 0 Å². The van der Waals surface area contributed by atoms with E-state index in [2.05, 4.69) is 15.3 Å². The Balaban J connectivity index is 1.26. The van der Waals surface area contributed by atoms with E-state index in [9.17, 15) is 9.59 Å². The lowest BCUT2D eigenvalue weighted by atomic mass is 10.1. The maximum Gasteiger partial charge on any atom is 0.335 e. The maximum atomic E-state index is 13.3. The smallest absolute Gasteiger partial charge is 0.335 e. The van der Waals surface area contributed by atoms with Gasteiger partial charge in [-0.1, -0.05) is 0 Å². The number of fused-ring (bicyclic) bond motifs is 2. The lowest BCUT2D eigenvalue weighted by Crippen LogP contribution is -2.25. The number of carbonyl (C=O) groups is 2. The summed E-state index contributed by atoms with van der Waals surface area (Å²) in [6.07, 6.45) is 4.10. The second kappa shape index (κ2) is 10.8. The van der Waals surface area contributed by atoms with Gasteiger partial charge in [0.2, 0.25) is 0 Å². The number of aromatic carboxylic acids is 1. The van der Waals surface area contributed by atoms with Gasteiger partial charge in [-0.25, -0.2) is 14.8 Å². The van der Waals surface area contributed by atoms with Crippen LogP contribution in [-0.4, -0.2) is 47.2 Å². The Kier molecular flexibility index (Phi) is 7.14. The highest BCUT2D eigenvalue weighted by Gasteiger charge is 2.30. The van der Waals surface area contributed by atoms with Crippen LogP contribution in [0.15, 0.2) is 73.1 Å². The molecule has 1 aliphatic rings. The molecular formula is C30H29N5O4. The van der Waals surface area contributed by atoms with Gasteiger partial charge in [0.25, 0.3) is 5.91 Å². The zero-order valence-electron chi connectivity index (χ0n) is 22.0. The van der Waals surface area contributed by atoms with E-state index in [0.717, 1.165) is 33.9 Å². The Hall–Kier alpha value is -4.92. The molecule has 2 aromatic heterocycles. The van der Waals surface area contributed by atoms with Crippen LogP contribution in [0.1, 0.15) is 38.8 Å².